The van der Waals surface area contributed by atoms with Gasteiger partial charge in [0.15, 0.2) is 0 Å². The van der Waals surface area contributed by atoms with E-state index in [-0.39, 0.29) is 0 Å². The second-order valence-corrected chi connectivity index (χ2v) is 7.41. The zero-order valence-electron chi connectivity index (χ0n) is 13.0. The SMILES string of the molecule is CC(C)NCc1ccc(CN(C)CCOCC2CC2)s1. The molecule has 1 heterocycles. The average Bonchev–Trinajstić information content (AvgIpc) is 3.12. The fourth-order valence-electron chi connectivity index (χ4n) is 2.01. The molecule has 0 saturated heterocycles. The molecule has 1 aromatic heterocycles. The Hall–Kier alpha value is -0.420. The van der Waals surface area contributed by atoms with Gasteiger partial charge in [0.05, 0.1) is 6.61 Å². The number of nitrogens with zero attached hydrogens (tertiary/aromatic N) is 1. The molecule has 1 fully saturated rings. The maximum atomic E-state index is 5.69. The molecule has 0 unspecified atom stereocenters. The van der Waals surface area contributed by atoms with Crippen molar-refractivity contribution in [1.82, 2.24) is 10.2 Å². The second kappa shape index (κ2) is 8.13. The number of hydrogen-bond acceptors (Lipinski definition) is 4. The fourth-order valence-corrected chi connectivity index (χ4v) is 3.06. The molecule has 0 aliphatic heterocycles. The highest BCUT2D eigenvalue weighted by Crippen LogP contribution is 2.28. The van der Waals surface area contributed by atoms with Crippen molar-refractivity contribution in [3.63, 3.8) is 0 Å². The number of likely N-dealkylation sites (N-methyl/N-ethyl adjacent to an activating group) is 1. The molecule has 0 aromatic carbocycles. The van der Waals surface area contributed by atoms with Crippen LogP contribution in [0.1, 0.15) is 36.4 Å². The lowest BCUT2D eigenvalue weighted by Gasteiger charge is -2.15. The molecule has 20 heavy (non-hydrogen) atoms. The predicted molar refractivity (Wildman–Crippen MR) is 86.2 cm³/mol. The van der Waals surface area contributed by atoms with E-state index in [1.165, 1.54) is 22.6 Å². The smallest absolute Gasteiger partial charge is 0.0593 e. The van der Waals surface area contributed by atoms with Gasteiger partial charge in [0.2, 0.25) is 0 Å². The molecule has 1 saturated carbocycles. The number of nitrogens with one attached hydrogen (secondary N) is 1. The van der Waals surface area contributed by atoms with Gasteiger partial charge in [-0.2, -0.15) is 0 Å². The van der Waals surface area contributed by atoms with E-state index in [0.29, 0.717) is 6.04 Å². The van der Waals surface area contributed by atoms with Crippen LogP contribution in [0.4, 0.5) is 0 Å². The Morgan fingerprint density at radius 1 is 1.35 bits per heavy atom. The molecule has 0 bridgehead atoms. The standard InChI is InChI=1S/C16H28N2OS/c1-13(2)17-10-15-6-7-16(20-15)11-18(3)8-9-19-12-14-4-5-14/h6-7,13-14,17H,4-5,8-12H2,1-3H3. The van der Waals surface area contributed by atoms with Crippen molar-refractivity contribution in [3.05, 3.63) is 21.9 Å². The predicted octanol–water partition coefficient (Wildman–Crippen LogP) is 3.10. The molecule has 1 aliphatic carbocycles. The summed E-state index contributed by atoms with van der Waals surface area (Å²) in [5.74, 6) is 0.869. The molecule has 0 atom stereocenters. The van der Waals surface area contributed by atoms with Crippen LogP contribution in [-0.2, 0) is 17.8 Å². The highest BCUT2D eigenvalue weighted by Gasteiger charge is 2.20. The van der Waals surface area contributed by atoms with E-state index in [0.717, 1.165) is 38.8 Å². The minimum Gasteiger partial charge on any atom is -0.380 e. The molecule has 0 amide bonds. The molecule has 0 spiro atoms. The van der Waals surface area contributed by atoms with Crippen molar-refractivity contribution in [2.24, 2.45) is 5.92 Å². The number of ether oxygens (including phenoxy) is 1. The molecule has 4 heteroatoms. The van der Waals surface area contributed by atoms with Crippen molar-refractivity contribution in [3.8, 4) is 0 Å². The van der Waals surface area contributed by atoms with Crippen molar-refractivity contribution < 1.29 is 4.74 Å². The van der Waals surface area contributed by atoms with Crippen LogP contribution in [0.3, 0.4) is 0 Å². The molecule has 3 nitrogen and oxygen atoms in total. The summed E-state index contributed by atoms with van der Waals surface area (Å²) in [6.45, 7) is 9.23. The van der Waals surface area contributed by atoms with Gasteiger partial charge >= 0.3 is 0 Å². The first-order chi connectivity index (χ1) is 9.63. The third kappa shape index (κ3) is 6.35. The van der Waals surface area contributed by atoms with Gasteiger partial charge in [0.1, 0.15) is 0 Å². The Bertz CT molecular complexity index is 388. The van der Waals surface area contributed by atoms with Gasteiger partial charge in [-0.3, -0.25) is 4.90 Å². The van der Waals surface area contributed by atoms with Gasteiger partial charge in [-0.1, -0.05) is 13.8 Å². The van der Waals surface area contributed by atoms with Gasteiger partial charge < -0.3 is 10.1 Å². The molecule has 1 aromatic rings. The summed E-state index contributed by atoms with van der Waals surface area (Å²) in [4.78, 5) is 5.21. The Morgan fingerprint density at radius 2 is 2.10 bits per heavy atom. The first-order valence-corrected chi connectivity index (χ1v) is 8.52. The summed E-state index contributed by atoms with van der Waals surface area (Å²) in [5, 5.41) is 3.46. The Balaban J connectivity index is 1.61. The van der Waals surface area contributed by atoms with Gasteiger partial charge in [0, 0.05) is 42.0 Å². The maximum absolute atomic E-state index is 5.69. The highest BCUT2D eigenvalue weighted by atomic mass is 32.1. The normalized spacial score (nSPS) is 15.4. The van der Waals surface area contributed by atoms with E-state index < -0.39 is 0 Å². The minimum absolute atomic E-state index is 0.548. The molecular formula is C16H28N2OS. The maximum Gasteiger partial charge on any atom is 0.0593 e. The van der Waals surface area contributed by atoms with Crippen LogP contribution in [0.25, 0.3) is 0 Å². The lowest BCUT2D eigenvalue weighted by Crippen LogP contribution is -2.22. The zero-order valence-corrected chi connectivity index (χ0v) is 13.8. The minimum atomic E-state index is 0.548. The topological polar surface area (TPSA) is 24.5 Å². The first kappa shape index (κ1) is 16.0. The van der Waals surface area contributed by atoms with Gasteiger partial charge in [-0.05, 0) is 37.9 Å². The largest absolute Gasteiger partial charge is 0.380 e. The van der Waals surface area contributed by atoms with Crippen molar-refractivity contribution in [1.29, 1.82) is 0 Å². The molecule has 1 aliphatic rings. The summed E-state index contributed by atoms with van der Waals surface area (Å²) < 4.78 is 5.69. The molecule has 1 N–H and O–H groups in total. The van der Waals surface area contributed by atoms with Crippen LogP contribution in [0.2, 0.25) is 0 Å². The Labute approximate surface area is 127 Å². The van der Waals surface area contributed by atoms with Crippen LogP contribution in [0.15, 0.2) is 12.1 Å². The highest BCUT2D eigenvalue weighted by molar-refractivity contribution is 7.11. The summed E-state index contributed by atoms with van der Waals surface area (Å²) in [7, 11) is 2.17. The molecular weight excluding hydrogens is 268 g/mol. The van der Waals surface area contributed by atoms with Crippen molar-refractivity contribution in [2.45, 2.75) is 45.8 Å². The lowest BCUT2D eigenvalue weighted by molar-refractivity contribution is 0.102. The van der Waals surface area contributed by atoms with Crippen LogP contribution in [-0.4, -0.2) is 37.7 Å². The third-order valence-corrected chi connectivity index (χ3v) is 4.57. The Kier molecular flexibility index (Phi) is 6.49. The van der Waals surface area contributed by atoms with E-state index in [1.54, 1.807) is 0 Å². The summed E-state index contributed by atoms with van der Waals surface area (Å²) >= 11 is 1.91. The van der Waals surface area contributed by atoms with E-state index in [9.17, 15) is 0 Å². The molecule has 0 radical (unpaired) electrons. The molecule has 2 rings (SSSR count). The number of hydrogen-bond donors (Lipinski definition) is 1. The molecule has 114 valence electrons. The van der Waals surface area contributed by atoms with Gasteiger partial charge in [0.25, 0.3) is 0 Å². The summed E-state index contributed by atoms with van der Waals surface area (Å²) in [5.41, 5.74) is 0. The van der Waals surface area contributed by atoms with Crippen LogP contribution < -0.4 is 5.32 Å². The lowest BCUT2D eigenvalue weighted by atomic mass is 10.3. The van der Waals surface area contributed by atoms with Crippen LogP contribution in [0.5, 0.6) is 0 Å². The fraction of sp³-hybridized carbons (Fsp3) is 0.750. The first-order valence-electron chi connectivity index (χ1n) is 7.70. The van der Waals surface area contributed by atoms with Gasteiger partial charge in [-0.15, -0.1) is 11.3 Å². The number of rotatable bonds is 10. The summed E-state index contributed by atoms with van der Waals surface area (Å²) in [6, 6.07) is 5.04. The average molecular weight is 296 g/mol. The van der Waals surface area contributed by atoms with Crippen molar-refractivity contribution in [2.75, 3.05) is 26.8 Å². The zero-order chi connectivity index (χ0) is 14.4. The van der Waals surface area contributed by atoms with Crippen LogP contribution >= 0.6 is 11.3 Å². The van der Waals surface area contributed by atoms with E-state index in [4.69, 9.17) is 4.74 Å². The number of thiophene rings is 1. The van der Waals surface area contributed by atoms with Gasteiger partial charge in [-0.25, -0.2) is 0 Å². The summed E-state index contributed by atoms with van der Waals surface area (Å²) in [6.07, 6.45) is 2.75. The van der Waals surface area contributed by atoms with E-state index in [2.05, 4.69) is 43.2 Å². The van der Waals surface area contributed by atoms with Crippen LogP contribution in [0, 0.1) is 5.92 Å². The third-order valence-electron chi connectivity index (χ3n) is 3.50. The monoisotopic (exact) mass is 296 g/mol. The quantitative estimate of drug-likeness (QED) is 0.672. The van der Waals surface area contributed by atoms with Crippen molar-refractivity contribution >= 4 is 11.3 Å². The Morgan fingerprint density at radius 3 is 2.80 bits per heavy atom. The second-order valence-electron chi connectivity index (χ2n) is 6.16. The van der Waals surface area contributed by atoms with E-state index in [1.807, 2.05) is 11.3 Å². The van der Waals surface area contributed by atoms with E-state index >= 15 is 0 Å².